The summed E-state index contributed by atoms with van der Waals surface area (Å²) in [5.74, 6) is 0.332. The Hall–Kier alpha value is -0.750. The van der Waals surface area contributed by atoms with Crippen molar-refractivity contribution in [3.63, 3.8) is 0 Å². The number of halogens is 2. The number of nitrogens with two attached hydrogens (primary N) is 1. The van der Waals surface area contributed by atoms with Gasteiger partial charge in [0.25, 0.3) is 0 Å². The molecule has 0 aliphatic heterocycles. The van der Waals surface area contributed by atoms with Gasteiger partial charge in [-0.25, -0.2) is 13.6 Å². The molecule has 4 nitrogen and oxygen atoms in total. The number of benzene rings is 1. The molecule has 100 valence electrons. The van der Waals surface area contributed by atoms with E-state index in [1.807, 2.05) is 0 Å². The molecule has 7 heteroatoms. The smallest absolute Gasteiger partial charge is 0.239 e. The van der Waals surface area contributed by atoms with Gasteiger partial charge >= 0.3 is 0 Å². The standard InChI is InChI=1S/C11H13Cl2NO3S/c1-2-3-4-7-17-8-5-6-9(18(14,15)16)11(13)10(8)12/h2,5-6H,1,3-4,7H2,(H2,14,15,16). The first-order valence-corrected chi connectivity index (χ1v) is 7.42. The molecule has 1 aromatic rings. The van der Waals surface area contributed by atoms with Gasteiger partial charge in [-0.05, 0) is 25.0 Å². The van der Waals surface area contributed by atoms with E-state index in [-0.39, 0.29) is 14.9 Å². The number of hydrogen-bond acceptors (Lipinski definition) is 3. The van der Waals surface area contributed by atoms with Crippen LogP contribution in [0.5, 0.6) is 5.75 Å². The van der Waals surface area contributed by atoms with Crippen molar-refractivity contribution in [2.45, 2.75) is 17.7 Å². The molecule has 2 N–H and O–H groups in total. The number of primary sulfonamides is 1. The summed E-state index contributed by atoms with van der Waals surface area (Å²) in [5.41, 5.74) is 0. The fourth-order valence-corrected chi connectivity index (χ4v) is 2.62. The van der Waals surface area contributed by atoms with Crippen LogP contribution in [0, 0.1) is 0 Å². The summed E-state index contributed by atoms with van der Waals surface area (Å²) in [4.78, 5) is -0.215. The van der Waals surface area contributed by atoms with Gasteiger partial charge in [0.1, 0.15) is 15.7 Å². The Morgan fingerprint density at radius 1 is 1.33 bits per heavy atom. The SMILES string of the molecule is C=CCCCOc1ccc(S(N)(=O)=O)c(Cl)c1Cl. The lowest BCUT2D eigenvalue weighted by Gasteiger charge is -2.10. The van der Waals surface area contributed by atoms with E-state index >= 15 is 0 Å². The van der Waals surface area contributed by atoms with E-state index in [0.29, 0.717) is 12.4 Å². The average Bonchev–Trinajstić information content (AvgIpc) is 2.28. The molecule has 0 saturated heterocycles. The predicted octanol–water partition coefficient (Wildman–Crippen LogP) is 2.99. The second-order valence-electron chi connectivity index (χ2n) is 3.51. The van der Waals surface area contributed by atoms with Crippen LogP contribution in [0.2, 0.25) is 10.0 Å². The Bertz CT molecular complexity index is 543. The third kappa shape index (κ3) is 3.88. The van der Waals surface area contributed by atoms with Gasteiger partial charge in [0, 0.05) is 0 Å². The largest absolute Gasteiger partial charge is 0.492 e. The maximum atomic E-state index is 11.2. The molecule has 0 spiro atoms. The van der Waals surface area contributed by atoms with Gasteiger partial charge in [-0.2, -0.15) is 0 Å². The molecular formula is C11H13Cl2NO3S. The van der Waals surface area contributed by atoms with Crippen LogP contribution < -0.4 is 9.88 Å². The fraction of sp³-hybridized carbons (Fsp3) is 0.273. The summed E-state index contributed by atoms with van der Waals surface area (Å²) in [6.45, 7) is 4.03. The molecule has 18 heavy (non-hydrogen) atoms. The number of sulfonamides is 1. The van der Waals surface area contributed by atoms with Gasteiger partial charge in [0.2, 0.25) is 10.0 Å². The van der Waals surface area contributed by atoms with Gasteiger partial charge < -0.3 is 4.74 Å². The Kier molecular flexibility index (Phi) is 5.47. The van der Waals surface area contributed by atoms with Crippen molar-refractivity contribution in [3.8, 4) is 5.75 Å². The van der Waals surface area contributed by atoms with Crippen LogP contribution in [-0.2, 0) is 10.0 Å². The molecule has 0 bridgehead atoms. The maximum absolute atomic E-state index is 11.2. The van der Waals surface area contributed by atoms with Crippen LogP contribution in [0.25, 0.3) is 0 Å². The topological polar surface area (TPSA) is 69.4 Å². The van der Waals surface area contributed by atoms with Crippen LogP contribution in [0.4, 0.5) is 0 Å². The molecule has 0 atom stereocenters. The van der Waals surface area contributed by atoms with Gasteiger partial charge in [-0.1, -0.05) is 29.3 Å². The highest BCUT2D eigenvalue weighted by atomic mass is 35.5. The summed E-state index contributed by atoms with van der Waals surface area (Å²) < 4.78 is 27.8. The van der Waals surface area contributed by atoms with E-state index in [1.54, 1.807) is 6.08 Å². The molecular weight excluding hydrogens is 297 g/mol. The first-order chi connectivity index (χ1) is 8.38. The summed E-state index contributed by atoms with van der Waals surface area (Å²) in [7, 11) is -3.89. The van der Waals surface area contributed by atoms with E-state index in [1.165, 1.54) is 12.1 Å². The van der Waals surface area contributed by atoms with E-state index in [0.717, 1.165) is 12.8 Å². The van der Waals surface area contributed by atoms with Crippen molar-refractivity contribution in [2.75, 3.05) is 6.61 Å². The third-order valence-electron chi connectivity index (χ3n) is 2.13. The van der Waals surface area contributed by atoms with E-state index in [2.05, 4.69) is 6.58 Å². The number of unbranched alkanes of at least 4 members (excludes halogenated alkanes) is 1. The zero-order valence-corrected chi connectivity index (χ0v) is 11.9. The van der Waals surface area contributed by atoms with E-state index in [4.69, 9.17) is 33.1 Å². The van der Waals surface area contributed by atoms with E-state index < -0.39 is 10.0 Å². The van der Waals surface area contributed by atoms with Crippen LogP contribution in [-0.4, -0.2) is 15.0 Å². The number of allylic oxidation sites excluding steroid dienone is 1. The van der Waals surface area contributed by atoms with Crippen LogP contribution in [0.3, 0.4) is 0 Å². The Labute approximate surface area is 116 Å². The fourth-order valence-electron chi connectivity index (χ4n) is 1.26. The second kappa shape index (κ2) is 6.43. The zero-order chi connectivity index (χ0) is 13.8. The molecule has 0 aromatic heterocycles. The van der Waals surface area contributed by atoms with Gasteiger partial charge in [-0.3, -0.25) is 0 Å². The number of ether oxygens (including phenoxy) is 1. The zero-order valence-electron chi connectivity index (χ0n) is 9.53. The summed E-state index contributed by atoms with van der Waals surface area (Å²) in [6.07, 6.45) is 3.39. The van der Waals surface area contributed by atoms with Crippen molar-refractivity contribution >= 4 is 33.2 Å². The molecule has 0 unspecified atom stereocenters. The van der Waals surface area contributed by atoms with Crippen molar-refractivity contribution in [3.05, 3.63) is 34.8 Å². The Morgan fingerprint density at radius 2 is 2.00 bits per heavy atom. The van der Waals surface area contributed by atoms with Crippen LogP contribution in [0.1, 0.15) is 12.8 Å². The lowest BCUT2D eigenvalue weighted by atomic mass is 10.3. The summed E-state index contributed by atoms with van der Waals surface area (Å²) in [5, 5.41) is 4.91. The average molecular weight is 310 g/mol. The minimum atomic E-state index is -3.89. The lowest BCUT2D eigenvalue weighted by Crippen LogP contribution is -2.13. The highest BCUT2D eigenvalue weighted by Gasteiger charge is 2.18. The Balaban J connectivity index is 2.91. The first-order valence-electron chi connectivity index (χ1n) is 5.12. The molecule has 0 radical (unpaired) electrons. The molecule has 0 heterocycles. The highest BCUT2D eigenvalue weighted by Crippen LogP contribution is 2.36. The summed E-state index contributed by atoms with van der Waals surface area (Å²) >= 11 is 11.8. The minimum absolute atomic E-state index is 0.0433. The monoisotopic (exact) mass is 309 g/mol. The van der Waals surface area contributed by atoms with E-state index in [9.17, 15) is 8.42 Å². The molecule has 0 aliphatic carbocycles. The second-order valence-corrected chi connectivity index (χ2v) is 5.80. The highest BCUT2D eigenvalue weighted by molar-refractivity contribution is 7.89. The molecule has 0 amide bonds. The van der Waals surface area contributed by atoms with Gasteiger partial charge in [0.15, 0.2) is 0 Å². The van der Waals surface area contributed by atoms with Crippen molar-refractivity contribution < 1.29 is 13.2 Å². The van der Waals surface area contributed by atoms with Crippen LogP contribution >= 0.6 is 23.2 Å². The molecule has 0 aliphatic rings. The van der Waals surface area contributed by atoms with Gasteiger partial charge in [0.05, 0.1) is 11.6 Å². The molecule has 0 fully saturated rings. The first kappa shape index (κ1) is 15.3. The Morgan fingerprint density at radius 3 is 2.56 bits per heavy atom. The number of rotatable bonds is 6. The maximum Gasteiger partial charge on any atom is 0.239 e. The van der Waals surface area contributed by atoms with Crippen molar-refractivity contribution in [1.82, 2.24) is 0 Å². The van der Waals surface area contributed by atoms with Crippen molar-refractivity contribution in [2.24, 2.45) is 5.14 Å². The van der Waals surface area contributed by atoms with Crippen LogP contribution in [0.15, 0.2) is 29.7 Å². The normalized spacial score (nSPS) is 11.3. The minimum Gasteiger partial charge on any atom is -0.492 e. The van der Waals surface area contributed by atoms with Crippen molar-refractivity contribution in [1.29, 1.82) is 0 Å². The molecule has 0 saturated carbocycles. The van der Waals surface area contributed by atoms with Gasteiger partial charge in [-0.15, -0.1) is 6.58 Å². The quantitative estimate of drug-likeness (QED) is 0.648. The predicted molar refractivity (Wildman–Crippen MR) is 72.8 cm³/mol. The number of hydrogen-bond donors (Lipinski definition) is 1. The third-order valence-corrected chi connectivity index (χ3v) is 4.06. The summed E-state index contributed by atoms with van der Waals surface area (Å²) in [6, 6.07) is 2.70. The lowest BCUT2D eigenvalue weighted by molar-refractivity contribution is 0.312. The molecule has 1 aromatic carbocycles. The molecule has 1 rings (SSSR count).